The van der Waals surface area contributed by atoms with Crippen LogP contribution in [0.4, 0.5) is 4.79 Å². The van der Waals surface area contributed by atoms with Gasteiger partial charge in [0.1, 0.15) is 0 Å². The molecule has 0 aliphatic carbocycles. The van der Waals surface area contributed by atoms with Gasteiger partial charge in [-0.2, -0.15) is 0 Å². The van der Waals surface area contributed by atoms with Gasteiger partial charge in [0.05, 0.1) is 25.2 Å². The van der Waals surface area contributed by atoms with Crippen LogP contribution in [0.2, 0.25) is 0 Å². The first-order chi connectivity index (χ1) is 8.62. The summed E-state index contributed by atoms with van der Waals surface area (Å²) < 4.78 is 5.07. The van der Waals surface area contributed by atoms with Gasteiger partial charge < -0.3 is 20.5 Å². The fourth-order valence-electron chi connectivity index (χ4n) is 1.82. The number of carbonyl (C=O) groups excluding carboxylic acids is 1. The van der Waals surface area contributed by atoms with Crippen LogP contribution in [0.25, 0.3) is 0 Å². The van der Waals surface area contributed by atoms with Gasteiger partial charge in [0.25, 0.3) is 0 Å². The Bertz CT molecular complexity index is 272. The fourth-order valence-corrected chi connectivity index (χ4v) is 1.82. The molecule has 0 aromatic carbocycles. The molecule has 5 heteroatoms. The second-order valence-electron chi connectivity index (χ2n) is 5.10. The molecule has 0 spiro atoms. The number of urea groups is 1. The maximum Gasteiger partial charge on any atom is 0.315 e. The predicted octanol–water partition coefficient (Wildman–Crippen LogP) is 1.04. The van der Waals surface area contributed by atoms with Crippen LogP contribution in [0.1, 0.15) is 26.2 Å². The summed E-state index contributed by atoms with van der Waals surface area (Å²) in [6.07, 6.45) is 4.82. The maximum absolute atomic E-state index is 11.6. The number of rotatable bonds is 8. The van der Waals surface area contributed by atoms with E-state index in [1.165, 1.54) is 0 Å². The van der Waals surface area contributed by atoms with Crippen LogP contribution < -0.4 is 10.6 Å². The Morgan fingerprint density at radius 2 is 2.33 bits per heavy atom. The van der Waals surface area contributed by atoms with E-state index in [0.717, 1.165) is 19.3 Å². The zero-order valence-electron chi connectivity index (χ0n) is 11.1. The van der Waals surface area contributed by atoms with Gasteiger partial charge in [-0.1, -0.05) is 6.08 Å². The summed E-state index contributed by atoms with van der Waals surface area (Å²) in [6, 6.07) is -0.0338. The number of aliphatic hydroxyl groups excluding tert-OH is 1. The Morgan fingerprint density at radius 1 is 1.61 bits per heavy atom. The van der Waals surface area contributed by atoms with Crippen molar-refractivity contribution in [1.82, 2.24) is 10.6 Å². The first-order valence-corrected chi connectivity index (χ1v) is 6.46. The van der Waals surface area contributed by atoms with Crippen LogP contribution >= 0.6 is 0 Å². The van der Waals surface area contributed by atoms with Crippen LogP contribution in [0.5, 0.6) is 0 Å². The lowest BCUT2D eigenvalue weighted by Crippen LogP contribution is -2.55. The normalized spacial score (nSPS) is 18.6. The van der Waals surface area contributed by atoms with Gasteiger partial charge in [0.15, 0.2) is 0 Å². The lowest BCUT2D eigenvalue weighted by Gasteiger charge is -2.39. The number of allylic oxidation sites excluding steroid dienone is 1. The van der Waals surface area contributed by atoms with Gasteiger partial charge >= 0.3 is 6.03 Å². The smallest absolute Gasteiger partial charge is 0.315 e. The zero-order chi connectivity index (χ0) is 13.4. The molecule has 1 atom stereocenters. The summed E-state index contributed by atoms with van der Waals surface area (Å²) in [5, 5.41) is 14.9. The van der Waals surface area contributed by atoms with Crippen molar-refractivity contribution in [3.05, 3.63) is 12.7 Å². The zero-order valence-corrected chi connectivity index (χ0v) is 11.1. The molecule has 0 radical (unpaired) electrons. The number of hydrogen-bond acceptors (Lipinski definition) is 3. The minimum absolute atomic E-state index is 0.0438. The molecule has 1 rings (SSSR count). The summed E-state index contributed by atoms with van der Waals surface area (Å²) in [4.78, 5) is 11.6. The van der Waals surface area contributed by atoms with E-state index in [1.54, 1.807) is 0 Å². The summed E-state index contributed by atoms with van der Waals surface area (Å²) >= 11 is 0. The van der Waals surface area contributed by atoms with Crippen molar-refractivity contribution in [3.8, 4) is 0 Å². The van der Waals surface area contributed by atoms with E-state index in [4.69, 9.17) is 4.74 Å². The largest absolute Gasteiger partial charge is 0.396 e. The molecule has 1 saturated heterocycles. The molecule has 1 aliphatic rings. The molecule has 1 aliphatic heterocycles. The molecular formula is C13H24N2O3. The Kier molecular flexibility index (Phi) is 6.15. The Labute approximate surface area is 109 Å². The number of unbranched alkanes of at least 4 members (excludes halogenated alkanes) is 1. The van der Waals surface area contributed by atoms with Gasteiger partial charge in [-0.3, -0.25) is 0 Å². The highest BCUT2D eigenvalue weighted by Gasteiger charge is 2.38. The minimum Gasteiger partial charge on any atom is -0.396 e. The number of amides is 2. The van der Waals surface area contributed by atoms with Gasteiger partial charge in [0.2, 0.25) is 0 Å². The average Bonchev–Trinajstić information content (AvgIpc) is 2.28. The van der Waals surface area contributed by atoms with Crippen LogP contribution in [0.15, 0.2) is 12.7 Å². The van der Waals surface area contributed by atoms with E-state index in [1.807, 2.05) is 13.0 Å². The average molecular weight is 256 g/mol. The molecule has 0 bridgehead atoms. The van der Waals surface area contributed by atoms with E-state index in [0.29, 0.717) is 19.8 Å². The first kappa shape index (κ1) is 15.0. The van der Waals surface area contributed by atoms with Crippen molar-refractivity contribution in [2.75, 3.05) is 26.4 Å². The number of aliphatic hydroxyl groups is 1. The quantitative estimate of drug-likeness (QED) is 0.449. The summed E-state index contributed by atoms with van der Waals surface area (Å²) in [5.41, 5.74) is -0.274. The molecule has 1 fully saturated rings. The lowest BCUT2D eigenvalue weighted by molar-refractivity contribution is -0.132. The summed E-state index contributed by atoms with van der Waals surface area (Å²) in [5.74, 6) is 0. The van der Waals surface area contributed by atoms with E-state index in [-0.39, 0.29) is 24.1 Å². The molecule has 3 N–H and O–H groups in total. The summed E-state index contributed by atoms with van der Waals surface area (Å²) in [6.45, 7) is 7.17. The molecule has 1 heterocycles. The third-order valence-corrected chi connectivity index (χ3v) is 3.20. The number of ether oxygens (including phenoxy) is 1. The Balaban J connectivity index is 2.14. The first-order valence-electron chi connectivity index (χ1n) is 6.46. The topological polar surface area (TPSA) is 70.6 Å². The number of hydrogen-bond donors (Lipinski definition) is 3. The van der Waals surface area contributed by atoms with Crippen molar-refractivity contribution in [2.24, 2.45) is 5.41 Å². The minimum atomic E-state index is -0.274. The fraction of sp³-hybridized carbons (Fsp3) is 0.769. The van der Waals surface area contributed by atoms with E-state index in [9.17, 15) is 9.90 Å². The van der Waals surface area contributed by atoms with E-state index in [2.05, 4.69) is 17.2 Å². The standard InChI is InChI=1S/C13H24N2O3/c1-3-4-5-6-11(2)15-12(17)14-7-13(8-16)9-18-10-13/h3,11,16H,1,4-10H2,2H3,(H2,14,15,17). The third kappa shape index (κ3) is 4.66. The van der Waals surface area contributed by atoms with Crippen LogP contribution in [0.3, 0.4) is 0 Å². The second kappa shape index (κ2) is 7.38. The van der Waals surface area contributed by atoms with Gasteiger partial charge in [0, 0.05) is 12.6 Å². The van der Waals surface area contributed by atoms with Crippen molar-refractivity contribution in [2.45, 2.75) is 32.2 Å². The molecular weight excluding hydrogens is 232 g/mol. The monoisotopic (exact) mass is 256 g/mol. The Hall–Kier alpha value is -1.07. The highest BCUT2D eigenvalue weighted by Crippen LogP contribution is 2.25. The van der Waals surface area contributed by atoms with E-state index < -0.39 is 0 Å². The molecule has 104 valence electrons. The van der Waals surface area contributed by atoms with Gasteiger partial charge in [-0.15, -0.1) is 6.58 Å². The second-order valence-corrected chi connectivity index (χ2v) is 5.10. The molecule has 18 heavy (non-hydrogen) atoms. The number of nitrogens with one attached hydrogen (secondary N) is 2. The molecule has 0 saturated carbocycles. The SMILES string of the molecule is C=CCCCC(C)NC(=O)NCC1(CO)COC1. The van der Waals surface area contributed by atoms with Crippen LogP contribution in [-0.2, 0) is 4.74 Å². The van der Waals surface area contributed by atoms with Gasteiger partial charge in [-0.05, 0) is 26.2 Å². The summed E-state index contributed by atoms with van der Waals surface area (Å²) in [7, 11) is 0. The van der Waals surface area contributed by atoms with Crippen LogP contribution in [0, 0.1) is 5.41 Å². The van der Waals surface area contributed by atoms with Crippen molar-refractivity contribution in [3.63, 3.8) is 0 Å². The Morgan fingerprint density at radius 3 is 2.83 bits per heavy atom. The maximum atomic E-state index is 11.6. The van der Waals surface area contributed by atoms with Crippen molar-refractivity contribution >= 4 is 6.03 Å². The predicted molar refractivity (Wildman–Crippen MR) is 70.4 cm³/mol. The number of carbonyl (C=O) groups is 1. The van der Waals surface area contributed by atoms with Crippen LogP contribution in [-0.4, -0.2) is 43.5 Å². The van der Waals surface area contributed by atoms with Gasteiger partial charge in [-0.25, -0.2) is 4.79 Å². The molecule has 2 amide bonds. The molecule has 5 nitrogen and oxygen atoms in total. The van der Waals surface area contributed by atoms with E-state index >= 15 is 0 Å². The molecule has 0 aromatic heterocycles. The highest BCUT2D eigenvalue weighted by molar-refractivity contribution is 5.74. The third-order valence-electron chi connectivity index (χ3n) is 3.20. The van der Waals surface area contributed by atoms with Crippen molar-refractivity contribution in [1.29, 1.82) is 0 Å². The van der Waals surface area contributed by atoms with Crippen molar-refractivity contribution < 1.29 is 14.6 Å². The molecule has 0 aromatic rings. The molecule has 1 unspecified atom stereocenters. The highest BCUT2D eigenvalue weighted by atomic mass is 16.5. The lowest BCUT2D eigenvalue weighted by atomic mass is 9.87.